The molecule has 1 saturated heterocycles. The quantitative estimate of drug-likeness (QED) is 0.679. The van der Waals surface area contributed by atoms with E-state index in [9.17, 15) is 0 Å². The second-order valence-corrected chi connectivity index (χ2v) is 4.08. The average molecular weight is 204 g/mol. The number of likely N-dealkylation sites (N-methyl/N-ethyl adjacent to an activating group) is 1. The Bertz CT molecular complexity index is 119. The van der Waals surface area contributed by atoms with Gasteiger partial charge in [0.25, 0.3) is 0 Å². The molecule has 2 unspecified atom stereocenters. The maximum absolute atomic E-state index is 4.42. The largest absolute Gasteiger partial charge is 0.312 e. The van der Waals surface area contributed by atoms with Crippen molar-refractivity contribution in [1.29, 1.82) is 0 Å². The molecular weight excluding hydrogens is 180 g/mol. The third-order valence-corrected chi connectivity index (χ3v) is 2.66. The van der Waals surface area contributed by atoms with Gasteiger partial charge < -0.3 is 10.2 Å². The lowest BCUT2D eigenvalue weighted by molar-refractivity contribution is 0.315. The zero-order chi connectivity index (χ0) is 10.3. The molecule has 1 heterocycles. The van der Waals surface area contributed by atoms with E-state index in [-0.39, 0.29) is 0 Å². The molecule has 0 amide bonds. The highest BCUT2D eigenvalue weighted by atomic mass is 32.1. The van der Waals surface area contributed by atoms with Crippen molar-refractivity contribution in [2.24, 2.45) is 0 Å². The fraction of sp³-hybridized carbons (Fsp3) is 1.00. The van der Waals surface area contributed by atoms with Crippen LogP contribution in [0.1, 0.15) is 27.2 Å². The molecule has 1 aliphatic heterocycles. The molecule has 0 aliphatic carbocycles. The van der Waals surface area contributed by atoms with Crippen molar-refractivity contribution >= 4 is 12.6 Å². The van der Waals surface area contributed by atoms with E-state index in [4.69, 9.17) is 0 Å². The summed E-state index contributed by atoms with van der Waals surface area (Å²) < 4.78 is 0. The van der Waals surface area contributed by atoms with Gasteiger partial charge in [-0.25, -0.2) is 0 Å². The zero-order valence-corrected chi connectivity index (χ0v) is 10.3. The number of nitrogens with one attached hydrogen (secondary N) is 1. The van der Waals surface area contributed by atoms with Gasteiger partial charge in [-0.1, -0.05) is 20.8 Å². The smallest absolute Gasteiger partial charge is 0.0206 e. The topological polar surface area (TPSA) is 15.3 Å². The van der Waals surface area contributed by atoms with Gasteiger partial charge in [-0.05, 0) is 20.0 Å². The standard InChI is InChI=1S/C8H18N2S.C2H6/c1-3-10(2)6-7-4-8(11)5-9-7;1-2/h7-9,11H,3-6H2,1-2H3;1-2H3. The molecule has 1 N–H and O–H groups in total. The van der Waals surface area contributed by atoms with E-state index >= 15 is 0 Å². The summed E-state index contributed by atoms with van der Waals surface area (Å²) >= 11 is 4.42. The van der Waals surface area contributed by atoms with Gasteiger partial charge in [-0.15, -0.1) is 0 Å². The van der Waals surface area contributed by atoms with Crippen LogP contribution in [-0.4, -0.2) is 42.9 Å². The minimum Gasteiger partial charge on any atom is -0.312 e. The monoisotopic (exact) mass is 204 g/mol. The molecule has 80 valence electrons. The van der Waals surface area contributed by atoms with Gasteiger partial charge in [-0.3, -0.25) is 0 Å². The lowest BCUT2D eigenvalue weighted by Gasteiger charge is -2.18. The van der Waals surface area contributed by atoms with Gasteiger partial charge in [0.15, 0.2) is 0 Å². The van der Waals surface area contributed by atoms with Crippen molar-refractivity contribution in [3.8, 4) is 0 Å². The summed E-state index contributed by atoms with van der Waals surface area (Å²) in [5.74, 6) is 0. The van der Waals surface area contributed by atoms with E-state index in [1.165, 1.54) is 6.42 Å². The third-order valence-electron chi connectivity index (χ3n) is 2.27. The maximum Gasteiger partial charge on any atom is 0.0206 e. The lowest BCUT2D eigenvalue weighted by Crippen LogP contribution is -2.35. The van der Waals surface area contributed by atoms with Gasteiger partial charge in [0.1, 0.15) is 0 Å². The van der Waals surface area contributed by atoms with Gasteiger partial charge in [-0.2, -0.15) is 12.6 Å². The Kier molecular flexibility index (Phi) is 7.81. The number of hydrogen-bond donors (Lipinski definition) is 2. The molecule has 0 aromatic heterocycles. The van der Waals surface area contributed by atoms with Crippen LogP contribution in [0, 0.1) is 0 Å². The summed E-state index contributed by atoms with van der Waals surface area (Å²) in [5, 5.41) is 4.03. The maximum atomic E-state index is 4.42. The predicted octanol–water partition coefficient (Wildman–Crippen LogP) is 1.62. The molecule has 2 atom stereocenters. The second-order valence-electron chi connectivity index (χ2n) is 3.35. The Balaban J connectivity index is 0.000000671. The normalized spacial score (nSPS) is 27.2. The van der Waals surface area contributed by atoms with E-state index in [0.717, 1.165) is 19.6 Å². The lowest BCUT2D eigenvalue weighted by atomic mass is 10.2. The van der Waals surface area contributed by atoms with Crippen LogP contribution in [0.4, 0.5) is 0 Å². The third kappa shape index (κ3) is 5.55. The molecule has 0 radical (unpaired) electrons. The van der Waals surface area contributed by atoms with Crippen molar-refractivity contribution in [2.45, 2.75) is 38.5 Å². The van der Waals surface area contributed by atoms with Crippen molar-refractivity contribution in [3.05, 3.63) is 0 Å². The van der Waals surface area contributed by atoms with E-state index in [1.54, 1.807) is 0 Å². The van der Waals surface area contributed by atoms with Crippen molar-refractivity contribution in [3.63, 3.8) is 0 Å². The summed E-state index contributed by atoms with van der Waals surface area (Å²) in [6.45, 7) is 9.56. The van der Waals surface area contributed by atoms with Gasteiger partial charge in [0.05, 0.1) is 0 Å². The number of hydrogen-bond acceptors (Lipinski definition) is 3. The molecule has 0 spiro atoms. The SMILES string of the molecule is CC.CCN(C)CC1CC(S)CN1. The number of rotatable bonds is 3. The fourth-order valence-electron chi connectivity index (χ4n) is 1.44. The highest BCUT2D eigenvalue weighted by molar-refractivity contribution is 7.81. The fourth-order valence-corrected chi connectivity index (χ4v) is 1.80. The van der Waals surface area contributed by atoms with Crippen molar-refractivity contribution < 1.29 is 0 Å². The number of nitrogens with zero attached hydrogens (tertiary/aromatic N) is 1. The van der Waals surface area contributed by atoms with E-state index in [0.29, 0.717) is 11.3 Å². The first-order valence-corrected chi connectivity index (χ1v) is 5.84. The van der Waals surface area contributed by atoms with Gasteiger partial charge in [0.2, 0.25) is 0 Å². The minimum atomic E-state index is 0.574. The molecule has 0 aromatic rings. The van der Waals surface area contributed by atoms with Crippen LogP contribution >= 0.6 is 12.6 Å². The molecule has 1 fully saturated rings. The predicted molar refractivity (Wildman–Crippen MR) is 63.7 cm³/mol. The van der Waals surface area contributed by atoms with Crippen LogP contribution < -0.4 is 5.32 Å². The summed E-state index contributed by atoms with van der Waals surface area (Å²) in [6.07, 6.45) is 1.22. The van der Waals surface area contributed by atoms with Crippen LogP contribution in [-0.2, 0) is 0 Å². The summed E-state index contributed by atoms with van der Waals surface area (Å²) in [4.78, 5) is 2.34. The molecule has 1 rings (SSSR count). The van der Waals surface area contributed by atoms with Crippen molar-refractivity contribution in [1.82, 2.24) is 10.2 Å². The molecule has 1 aliphatic rings. The van der Waals surface area contributed by atoms with E-state index < -0.39 is 0 Å². The van der Waals surface area contributed by atoms with E-state index in [2.05, 4.69) is 36.8 Å². The second kappa shape index (κ2) is 7.65. The zero-order valence-electron chi connectivity index (χ0n) is 9.38. The van der Waals surface area contributed by atoms with Crippen LogP contribution in [0.5, 0.6) is 0 Å². The number of thiol groups is 1. The molecule has 2 nitrogen and oxygen atoms in total. The minimum absolute atomic E-state index is 0.574. The van der Waals surface area contributed by atoms with Crippen LogP contribution in [0.25, 0.3) is 0 Å². The summed E-state index contributed by atoms with van der Waals surface area (Å²) in [6, 6.07) is 0.669. The Labute approximate surface area is 88.5 Å². The molecule has 13 heavy (non-hydrogen) atoms. The molecule has 0 bridgehead atoms. The van der Waals surface area contributed by atoms with Gasteiger partial charge >= 0.3 is 0 Å². The summed E-state index contributed by atoms with van der Waals surface area (Å²) in [5.41, 5.74) is 0. The van der Waals surface area contributed by atoms with Crippen LogP contribution in [0.2, 0.25) is 0 Å². The van der Waals surface area contributed by atoms with Crippen LogP contribution in [0.3, 0.4) is 0 Å². The Morgan fingerprint density at radius 2 is 2.08 bits per heavy atom. The molecular formula is C10H24N2S. The first kappa shape index (κ1) is 13.3. The Morgan fingerprint density at radius 3 is 2.46 bits per heavy atom. The van der Waals surface area contributed by atoms with Crippen LogP contribution in [0.15, 0.2) is 0 Å². The first-order chi connectivity index (χ1) is 6.22. The summed E-state index contributed by atoms with van der Waals surface area (Å²) in [7, 11) is 2.16. The highest BCUT2D eigenvalue weighted by Crippen LogP contribution is 2.12. The molecule has 0 saturated carbocycles. The average Bonchev–Trinajstić information content (AvgIpc) is 2.54. The Hall–Kier alpha value is 0.270. The van der Waals surface area contributed by atoms with Gasteiger partial charge in [0, 0.05) is 24.4 Å². The molecule has 0 aromatic carbocycles. The molecule has 3 heteroatoms. The van der Waals surface area contributed by atoms with Crippen molar-refractivity contribution in [2.75, 3.05) is 26.7 Å². The first-order valence-electron chi connectivity index (χ1n) is 5.32. The van der Waals surface area contributed by atoms with E-state index in [1.807, 2.05) is 13.8 Å². The highest BCUT2D eigenvalue weighted by Gasteiger charge is 2.21. The Morgan fingerprint density at radius 1 is 1.46 bits per heavy atom.